The zero-order valence-corrected chi connectivity index (χ0v) is 17.1. The van der Waals surface area contributed by atoms with Crippen molar-refractivity contribution in [2.75, 3.05) is 19.0 Å². The molecule has 2 aromatic rings. The van der Waals surface area contributed by atoms with Gasteiger partial charge in [0.05, 0.1) is 10.7 Å². The summed E-state index contributed by atoms with van der Waals surface area (Å²) in [5, 5.41) is 12.4. The number of esters is 1. The average Bonchev–Trinajstić information content (AvgIpc) is 2.65. The van der Waals surface area contributed by atoms with E-state index < -0.39 is 11.9 Å². The van der Waals surface area contributed by atoms with Crippen molar-refractivity contribution in [2.24, 2.45) is 0 Å². The van der Waals surface area contributed by atoms with Crippen molar-refractivity contribution in [3.05, 3.63) is 62.2 Å². The second kappa shape index (κ2) is 9.94. The van der Waals surface area contributed by atoms with Crippen LogP contribution in [0, 0.1) is 14.9 Å². The van der Waals surface area contributed by atoms with Gasteiger partial charge in [-0.3, -0.25) is 4.79 Å². The summed E-state index contributed by atoms with van der Waals surface area (Å²) in [5.41, 5.74) is 1.08. The number of anilines is 1. The molecule has 0 saturated carbocycles. The first-order valence-corrected chi connectivity index (χ1v) is 9.06. The Hall–Kier alpha value is -2.57. The van der Waals surface area contributed by atoms with Gasteiger partial charge in [-0.25, -0.2) is 4.79 Å². The van der Waals surface area contributed by atoms with Gasteiger partial charge in [0.1, 0.15) is 17.4 Å². The van der Waals surface area contributed by atoms with Gasteiger partial charge in [-0.2, -0.15) is 5.26 Å². The molecule has 138 valence electrons. The highest BCUT2D eigenvalue weighted by molar-refractivity contribution is 14.1. The molecular formula is C19H14ClIN2O4. The second-order valence-corrected chi connectivity index (χ2v) is 6.79. The molecule has 0 saturated heterocycles. The van der Waals surface area contributed by atoms with Gasteiger partial charge >= 0.3 is 5.97 Å². The molecule has 27 heavy (non-hydrogen) atoms. The molecule has 2 aromatic carbocycles. The van der Waals surface area contributed by atoms with Gasteiger partial charge in [0.2, 0.25) is 0 Å². The van der Waals surface area contributed by atoms with Gasteiger partial charge in [-0.05, 0) is 64.6 Å². The van der Waals surface area contributed by atoms with Gasteiger partial charge < -0.3 is 14.8 Å². The molecule has 1 N–H and O–H groups in total. The Morgan fingerprint density at radius 1 is 1.30 bits per heavy atom. The predicted octanol–water partition coefficient (Wildman–Crippen LogP) is 4.04. The highest BCUT2D eigenvalue weighted by atomic mass is 127. The van der Waals surface area contributed by atoms with Crippen LogP contribution in [0.4, 0.5) is 5.69 Å². The first-order valence-electron chi connectivity index (χ1n) is 7.61. The number of halogens is 2. The van der Waals surface area contributed by atoms with Crippen molar-refractivity contribution in [1.82, 2.24) is 0 Å². The second-order valence-electron chi connectivity index (χ2n) is 5.19. The Bertz CT molecular complexity index is 938. The van der Waals surface area contributed by atoms with Crippen molar-refractivity contribution in [3.8, 4) is 11.8 Å². The fourth-order valence-corrected chi connectivity index (χ4v) is 2.88. The molecule has 6 nitrogen and oxygen atoms in total. The van der Waals surface area contributed by atoms with E-state index in [2.05, 4.69) is 10.1 Å². The first kappa shape index (κ1) is 20.7. The van der Waals surface area contributed by atoms with Crippen LogP contribution in [0.15, 0.2) is 48.0 Å². The fraction of sp³-hybridized carbons (Fsp3) is 0.105. The lowest BCUT2D eigenvalue weighted by Crippen LogP contribution is -2.13. The number of carbonyl (C=O) groups excluding carboxylic acids is 2. The molecule has 0 heterocycles. The first-order chi connectivity index (χ1) is 12.9. The van der Waals surface area contributed by atoms with E-state index in [-0.39, 0.29) is 12.2 Å². The lowest BCUT2D eigenvalue weighted by Gasteiger charge is -2.08. The van der Waals surface area contributed by atoms with Crippen LogP contribution in [0.5, 0.6) is 5.75 Å². The lowest BCUT2D eigenvalue weighted by atomic mass is 10.1. The maximum atomic E-state index is 12.3. The zero-order chi connectivity index (χ0) is 19.8. The third kappa shape index (κ3) is 6.27. The van der Waals surface area contributed by atoms with Crippen molar-refractivity contribution in [1.29, 1.82) is 5.26 Å². The number of amides is 1. The number of hydrogen-bond acceptors (Lipinski definition) is 5. The molecule has 0 atom stereocenters. The van der Waals surface area contributed by atoms with E-state index in [1.165, 1.54) is 13.2 Å². The number of rotatable bonds is 6. The Balaban J connectivity index is 2.14. The third-order valence-electron chi connectivity index (χ3n) is 3.29. The summed E-state index contributed by atoms with van der Waals surface area (Å²) in [4.78, 5) is 23.4. The van der Waals surface area contributed by atoms with Gasteiger partial charge in [-0.1, -0.05) is 23.7 Å². The van der Waals surface area contributed by atoms with Crippen LogP contribution in [0.3, 0.4) is 0 Å². The largest absolute Gasteiger partial charge is 0.481 e. The summed E-state index contributed by atoms with van der Waals surface area (Å²) in [7, 11) is 1.28. The average molecular weight is 497 g/mol. The van der Waals surface area contributed by atoms with Gasteiger partial charge in [-0.15, -0.1) is 0 Å². The Labute approximate surface area is 174 Å². The van der Waals surface area contributed by atoms with Gasteiger partial charge in [0.25, 0.3) is 5.91 Å². The maximum Gasteiger partial charge on any atom is 0.343 e. The number of ether oxygens (including phenoxy) is 2. The number of hydrogen-bond donors (Lipinski definition) is 1. The highest BCUT2D eigenvalue weighted by Gasteiger charge is 2.11. The lowest BCUT2D eigenvalue weighted by molar-refractivity contribution is -0.142. The standard InChI is InChI=1S/C19H14ClIN2O4/c1-26-18(24)11-27-17-6-5-12(8-16(17)21)7-13(10-22)19(25)23-15-4-2-3-14(20)9-15/h2-9H,11H2,1H3,(H,23,25)/b13-7+. The summed E-state index contributed by atoms with van der Waals surface area (Å²) < 4.78 is 10.6. The molecule has 0 aliphatic heterocycles. The molecule has 8 heteroatoms. The molecule has 0 aliphatic rings. The van der Waals surface area contributed by atoms with Crippen molar-refractivity contribution in [3.63, 3.8) is 0 Å². The number of nitrogens with zero attached hydrogens (tertiary/aromatic N) is 1. The van der Waals surface area contributed by atoms with Crippen LogP contribution in [-0.2, 0) is 14.3 Å². The van der Waals surface area contributed by atoms with Crippen molar-refractivity contribution < 1.29 is 19.1 Å². The molecule has 0 unspecified atom stereocenters. The van der Waals surface area contributed by atoms with E-state index in [0.717, 1.165) is 3.57 Å². The quantitative estimate of drug-likeness (QED) is 0.282. The normalized spacial score (nSPS) is 10.7. The van der Waals surface area contributed by atoms with Crippen LogP contribution in [0.2, 0.25) is 5.02 Å². The van der Waals surface area contributed by atoms with Gasteiger partial charge in [0.15, 0.2) is 6.61 Å². The molecule has 0 radical (unpaired) electrons. The zero-order valence-electron chi connectivity index (χ0n) is 14.2. The molecule has 0 bridgehead atoms. The Morgan fingerprint density at radius 3 is 2.70 bits per heavy atom. The summed E-state index contributed by atoms with van der Waals surface area (Å²) in [5.74, 6) is -0.528. The number of nitriles is 1. The Morgan fingerprint density at radius 2 is 2.07 bits per heavy atom. The molecule has 2 rings (SSSR count). The summed E-state index contributed by atoms with van der Waals surface area (Å²) in [6.07, 6.45) is 1.46. The van der Waals surface area contributed by atoms with Crippen LogP contribution in [0.25, 0.3) is 6.08 Å². The smallest absolute Gasteiger partial charge is 0.343 e. The minimum absolute atomic E-state index is 0.0611. The molecule has 0 aromatic heterocycles. The summed E-state index contributed by atoms with van der Waals surface area (Å²) in [6, 6.07) is 13.6. The molecule has 0 aliphatic carbocycles. The molecular weight excluding hydrogens is 483 g/mol. The fourth-order valence-electron chi connectivity index (χ4n) is 2.00. The minimum Gasteiger partial charge on any atom is -0.481 e. The number of nitrogens with one attached hydrogen (secondary N) is 1. The number of methoxy groups -OCH3 is 1. The molecule has 0 fully saturated rings. The summed E-state index contributed by atoms with van der Waals surface area (Å²) in [6.45, 7) is -0.201. The Kier molecular flexibility index (Phi) is 7.64. The van der Waals surface area contributed by atoms with E-state index in [4.69, 9.17) is 16.3 Å². The summed E-state index contributed by atoms with van der Waals surface area (Å²) >= 11 is 7.92. The van der Waals surface area contributed by atoms with E-state index >= 15 is 0 Å². The number of benzene rings is 2. The van der Waals surface area contributed by atoms with Crippen LogP contribution < -0.4 is 10.1 Å². The van der Waals surface area contributed by atoms with Crippen LogP contribution in [-0.4, -0.2) is 25.6 Å². The third-order valence-corrected chi connectivity index (χ3v) is 4.37. The molecule has 0 spiro atoms. The maximum absolute atomic E-state index is 12.3. The monoisotopic (exact) mass is 496 g/mol. The topological polar surface area (TPSA) is 88.4 Å². The van der Waals surface area contributed by atoms with E-state index in [0.29, 0.717) is 22.0 Å². The van der Waals surface area contributed by atoms with Crippen LogP contribution in [0.1, 0.15) is 5.56 Å². The van der Waals surface area contributed by atoms with Crippen LogP contribution >= 0.6 is 34.2 Å². The SMILES string of the molecule is COC(=O)COc1ccc(/C=C(\C#N)C(=O)Nc2cccc(Cl)c2)cc1I. The minimum atomic E-state index is -0.541. The van der Waals surface area contributed by atoms with E-state index in [1.807, 2.05) is 28.7 Å². The van der Waals surface area contributed by atoms with Gasteiger partial charge in [0, 0.05) is 10.7 Å². The molecule has 1 amide bonds. The number of carbonyl (C=O) groups is 2. The van der Waals surface area contributed by atoms with Crippen molar-refractivity contribution >= 4 is 57.8 Å². The predicted molar refractivity (Wildman–Crippen MR) is 110 cm³/mol. The van der Waals surface area contributed by atoms with Crippen molar-refractivity contribution in [2.45, 2.75) is 0 Å². The highest BCUT2D eigenvalue weighted by Crippen LogP contribution is 2.24. The van der Waals surface area contributed by atoms with E-state index in [9.17, 15) is 14.9 Å². The van der Waals surface area contributed by atoms with E-state index in [1.54, 1.807) is 42.5 Å².